The van der Waals surface area contributed by atoms with Crippen molar-refractivity contribution in [3.8, 4) is 0 Å². The van der Waals surface area contributed by atoms with Gasteiger partial charge in [-0.15, -0.1) is 0 Å². The van der Waals surface area contributed by atoms with E-state index in [-0.39, 0.29) is 17.6 Å². The summed E-state index contributed by atoms with van der Waals surface area (Å²) >= 11 is 0. The van der Waals surface area contributed by atoms with Gasteiger partial charge in [0.25, 0.3) is 0 Å². The molecule has 4 aromatic rings. The average molecular weight is 563 g/mol. The second kappa shape index (κ2) is 9.10. The molecule has 0 unspecified atom stereocenters. The molecule has 4 aromatic heterocycles. The van der Waals surface area contributed by atoms with Crippen LogP contribution in [0.3, 0.4) is 0 Å². The van der Waals surface area contributed by atoms with E-state index in [1.54, 1.807) is 0 Å². The van der Waals surface area contributed by atoms with E-state index in [1.807, 2.05) is 0 Å². The molecule has 3 N–H and O–H groups in total. The lowest BCUT2D eigenvalue weighted by Gasteiger charge is -2.15. The van der Waals surface area contributed by atoms with Crippen LogP contribution in [0.1, 0.15) is 22.5 Å². The first-order valence-corrected chi connectivity index (χ1v) is 9.53. The highest BCUT2D eigenvalue weighted by atomic mass is 19.4. The molecule has 0 aliphatic heterocycles. The molecule has 0 aromatic carbocycles. The fourth-order valence-corrected chi connectivity index (χ4v) is 3.24. The third-order valence-corrected chi connectivity index (χ3v) is 4.79. The van der Waals surface area contributed by atoms with Crippen LogP contribution in [0, 0.1) is 0 Å². The van der Waals surface area contributed by atoms with Gasteiger partial charge in [-0.05, 0) is 36.4 Å². The van der Waals surface area contributed by atoms with Crippen LogP contribution in [-0.4, -0.2) is 25.4 Å². The van der Waals surface area contributed by atoms with Crippen LogP contribution < -0.4 is 5.32 Å². The van der Waals surface area contributed by atoms with Gasteiger partial charge in [0.2, 0.25) is 0 Å². The minimum absolute atomic E-state index is 0. The summed E-state index contributed by atoms with van der Waals surface area (Å²) in [7, 11) is 0. The molecule has 4 heterocycles. The number of halogens is 12. The number of alkyl halides is 12. The lowest BCUT2D eigenvalue weighted by atomic mass is 10.1. The Bertz CT molecular complexity index is 1400. The van der Waals surface area contributed by atoms with Crippen molar-refractivity contribution in [1.29, 1.82) is 0 Å². The number of nitrogens with zero attached hydrogens (tertiary/aromatic N) is 4. The third-order valence-electron chi connectivity index (χ3n) is 4.79. The second-order valence-corrected chi connectivity index (χ2v) is 7.36. The molecule has 18 heteroatoms. The van der Waals surface area contributed by atoms with Gasteiger partial charge in [0.15, 0.2) is 11.3 Å². The van der Waals surface area contributed by atoms with Crippen molar-refractivity contribution >= 4 is 33.7 Å². The molecule has 4 rings (SSSR count). The van der Waals surface area contributed by atoms with Crippen LogP contribution in [0.15, 0.2) is 36.4 Å². The zero-order chi connectivity index (χ0) is 27.6. The molecule has 38 heavy (non-hydrogen) atoms. The minimum Gasteiger partial charge on any atom is -0.412 e. The van der Waals surface area contributed by atoms with E-state index in [2.05, 4.69) is 25.3 Å². The van der Waals surface area contributed by atoms with Crippen molar-refractivity contribution in [2.75, 3.05) is 5.32 Å². The van der Waals surface area contributed by atoms with E-state index in [9.17, 15) is 52.7 Å². The zero-order valence-electron chi connectivity index (χ0n) is 17.8. The zero-order valence-corrected chi connectivity index (χ0v) is 17.8. The molecule has 0 radical (unpaired) electrons. The number of hydrogen-bond acceptors (Lipinski definition) is 5. The molecule has 0 bridgehead atoms. The molecule has 0 saturated heterocycles. The predicted molar refractivity (Wildman–Crippen MR) is 106 cm³/mol. The maximum absolute atomic E-state index is 13.3. The Hall–Kier alpha value is -3.96. The highest BCUT2D eigenvalue weighted by Gasteiger charge is 2.41. The SMILES string of the molecule is FC(F)(F)c1cc(C(F)(F)F)c2ccc(Nc3ccc4c(C(F)(F)F)cc(C(F)(F)F)nc4n3)nc2n1.O. The number of anilines is 2. The topological polar surface area (TPSA) is 95.1 Å². The minimum atomic E-state index is -5.25. The van der Waals surface area contributed by atoms with Gasteiger partial charge in [-0.3, -0.25) is 0 Å². The van der Waals surface area contributed by atoms with Crippen molar-refractivity contribution < 1.29 is 58.2 Å². The summed E-state index contributed by atoms with van der Waals surface area (Å²) in [6.07, 6.45) is -20.9. The van der Waals surface area contributed by atoms with E-state index < -0.39 is 80.9 Å². The van der Waals surface area contributed by atoms with Crippen LogP contribution in [0.5, 0.6) is 0 Å². The number of pyridine rings is 4. The molecular formula is C20H9F12N5O. The molecule has 0 aliphatic rings. The first kappa shape index (κ1) is 28.6. The lowest BCUT2D eigenvalue weighted by molar-refractivity contribution is -0.146. The molecule has 0 amide bonds. The van der Waals surface area contributed by atoms with Crippen LogP contribution in [0.2, 0.25) is 0 Å². The van der Waals surface area contributed by atoms with Crippen LogP contribution in [-0.2, 0) is 24.7 Å². The van der Waals surface area contributed by atoms with E-state index >= 15 is 0 Å². The van der Waals surface area contributed by atoms with Crippen molar-refractivity contribution in [3.63, 3.8) is 0 Å². The molecule has 6 nitrogen and oxygen atoms in total. The van der Waals surface area contributed by atoms with Gasteiger partial charge in [-0.2, -0.15) is 52.7 Å². The predicted octanol–water partition coefficient (Wildman–Crippen LogP) is 6.57. The lowest BCUT2D eigenvalue weighted by Crippen LogP contribution is -2.14. The monoisotopic (exact) mass is 563 g/mol. The van der Waals surface area contributed by atoms with E-state index in [4.69, 9.17) is 0 Å². The number of rotatable bonds is 2. The summed E-state index contributed by atoms with van der Waals surface area (Å²) in [6.45, 7) is 0. The van der Waals surface area contributed by atoms with Gasteiger partial charge in [0.1, 0.15) is 23.0 Å². The maximum Gasteiger partial charge on any atom is 0.433 e. The largest absolute Gasteiger partial charge is 0.433 e. The molecule has 0 saturated carbocycles. The van der Waals surface area contributed by atoms with Crippen LogP contribution >= 0.6 is 0 Å². The molecule has 0 spiro atoms. The van der Waals surface area contributed by atoms with Gasteiger partial charge < -0.3 is 10.8 Å². The summed E-state index contributed by atoms with van der Waals surface area (Å²) in [5.41, 5.74) is -9.07. The van der Waals surface area contributed by atoms with Crippen molar-refractivity contribution in [3.05, 3.63) is 58.9 Å². The smallest absolute Gasteiger partial charge is 0.412 e. The number of nitrogens with one attached hydrogen (secondary N) is 1. The van der Waals surface area contributed by atoms with Crippen molar-refractivity contribution in [2.24, 2.45) is 0 Å². The average Bonchev–Trinajstić information content (AvgIpc) is 2.74. The Morgan fingerprint density at radius 3 is 1.11 bits per heavy atom. The molecule has 204 valence electrons. The quantitative estimate of drug-likeness (QED) is 0.279. The molecule has 0 fully saturated rings. The maximum atomic E-state index is 13.3. The Morgan fingerprint density at radius 2 is 0.816 bits per heavy atom. The van der Waals surface area contributed by atoms with Gasteiger partial charge >= 0.3 is 24.7 Å². The number of hydrogen-bond donors (Lipinski definition) is 1. The molecular weight excluding hydrogens is 554 g/mol. The Labute approximate surface area is 201 Å². The standard InChI is InChI=1S/C20H7F12N5.H2O/c21-17(22,23)9-5-11(19(27,28)29)33-15-7(9)1-3-13(36-15)35-14-4-2-8-10(18(24,25)26)6-12(20(30,31)32)34-16(8)37-14;/h1-6H,(H,33,34,35,36,37);1H2. The Balaban J connectivity index is 0.00000400. The Morgan fingerprint density at radius 1 is 0.474 bits per heavy atom. The number of fused-ring (bicyclic) bond motifs is 2. The van der Waals surface area contributed by atoms with Gasteiger partial charge in [-0.25, -0.2) is 19.9 Å². The summed E-state index contributed by atoms with van der Waals surface area (Å²) in [5.74, 6) is -0.912. The highest BCUT2D eigenvalue weighted by Crippen LogP contribution is 2.40. The van der Waals surface area contributed by atoms with E-state index in [0.717, 1.165) is 24.3 Å². The summed E-state index contributed by atoms with van der Waals surface area (Å²) in [5, 5.41) is 0.718. The molecule has 0 aliphatic carbocycles. The van der Waals surface area contributed by atoms with Crippen molar-refractivity contribution in [1.82, 2.24) is 19.9 Å². The summed E-state index contributed by atoms with van der Waals surface area (Å²) in [6, 6.07) is 2.85. The highest BCUT2D eigenvalue weighted by molar-refractivity contribution is 5.83. The second-order valence-electron chi connectivity index (χ2n) is 7.36. The van der Waals surface area contributed by atoms with Crippen molar-refractivity contribution in [2.45, 2.75) is 24.7 Å². The normalized spacial score (nSPS) is 13.1. The van der Waals surface area contributed by atoms with E-state index in [1.165, 1.54) is 0 Å². The van der Waals surface area contributed by atoms with Crippen LogP contribution in [0.25, 0.3) is 22.1 Å². The first-order valence-electron chi connectivity index (χ1n) is 9.53. The van der Waals surface area contributed by atoms with Crippen LogP contribution in [0.4, 0.5) is 64.3 Å². The summed E-state index contributed by atoms with van der Waals surface area (Å²) in [4.78, 5) is 13.3. The summed E-state index contributed by atoms with van der Waals surface area (Å²) < 4.78 is 158. The first-order chi connectivity index (χ1) is 16.8. The third kappa shape index (κ3) is 5.63. The fraction of sp³-hybridized carbons (Fsp3) is 0.200. The van der Waals surface area contributed by atoms with Gasteiger partial charge in [0, 0.05) is 10.8 Å². The fourth-order valence-electron chi connectivity index (χ4n) is 3.24. The number of aromatic nitrogens is 4. The van der Waals surface area contributed by atoms with E-state index in [0.29, 0.717) is 0 Å². The van der Waals surface area contributed by atoms with Gasteiger partial charge in [0.05, 0.1) is 11.1 Å². The molecule has 0 atom stereocenters. The van der Waals surface area contributed by atoms with Gasteiger partial charge in [-0.1, -0.05) is 0 Å². The Kier molecular flexibility index (Phi) is 6.85.